The summed E-state index contributed by atoms with van der Waals surface area (Å²) in [7, 11) is 0. The molecule has 126 valence electrons. The molecular weight excluding hydrogens is 284 g/mol. The van der Waals surface area contributed by atoms with Crippen LogP contribution in [-0.2, 0) is 0 Å². The molecule has 2 amide bonds. The average molecular weight is 314 g/mol. The molecule has 3 aliphatic rings. The van der Waals surface area contributed by atoms with E-state index in [4.69, 9.17) is 0 Å². The van der Waals surface area contributed by atoms with E-state index in [1.54, 1.807) is 0 Å². The highest BCUT2D eigenvalue weighted by Crippen LogP contribution is 2.44. The predicted octanol–water partition coefficient (Wildman–Crippen LogP) is 5.16. The quantitative estimate of drug-likeness (QED) is 0.803. The van der Waals surface area contributed by atoms with Crippen LogP contribution in [-0.4, -0.2) is 23.0 Å². The lowest BCUT2D eigenvalue weighted by atomic mass is 9.70. The van der Waals surface area contributed by atoms with E-state index in [9.17, 15) is 4.79 Å². The van der Waals surface area contributed by atoms with Gasteiger partial charge >= 0.3 is 6.03 Å². The molecule has 2 heterocycles. The number of carbonyl (C=O) groups excluding carboxylic acids is 1. The molecule has 3 unspecified atom stereocenters. The van der Waals surface area contributed by atoms with Gasteiger partial charge in [-0.2, -0.15) is 0 Å². The first-order chi connectivity index (χ1) is 11.0. The largest absolute Gasteiger partial charge is 0.322 e. The number of aryl methyl sites for hydroxylation is 1. The van der Waals surface area contributed by atoms with E-state index in [2.05, 4.69) is 49.2 Å². The average Bonchev–Trinajstić information content (AvgIpc) is 2.48. The van der Waals surface area contributed by atoms with E-state index in [0.717, 1.165) is 17.5 Å². The van der Waals surface area contributed by atoms with E-state index in [1.165, 1.54) is 43.2 Å². The summed E-state index contributed by atoms with van der Waals surface area (Å²) in [6.07, 6.45) is 6.16. The van der Waals surface area contributed by atoms with Crippen LogP contribution in [0.4, 0.5) is 10.5 Å². The van der Waals surface area contributed by atoms with Crippen LogP contribution in [0.25, 0.3) is 0 Å². The van der Waals surface area contributed by atoms with Crippen molar-refractivity contribution in [3.05, 3.63) is 29.3 Å². The number of hydrogen-bond acceptors (Lipinski definition) is 1. The molecule has 4 atom stereocenters. The Hall–Kier alpha value is -1.51. The van der Waals surface area contributed by atoms with Gasteiger partial charge in [-0.3, -0.25) is 0 Å². The maximum atomic E-state index is 12.6. The minimum atomic E-state index is 0. The van der Waals surface area contributed by atoms with E-state index in [0.29, 0.717) is 18.0 Å². The van der Waals surface area contributed by atoms with Crippen molar-refractivity contribution in [3.8, 4) is 0 Å². The van der Waals surface area contributed by atoms with Crippen LogP contribution in [0.15, 0.2) is 18.2 Å². The third-order valence-electron chi connectivity index (χ3n) is 6.46. The Morgan fingerprint density at radius 1 is 1.17 bits per heavy atom. The van der Waals surface area contributed by atoms with Crippen LogP contribution in [0.1, 0.15) is 64.4 Å². The van der Waals surface area contributed by atoms with Gasteiger partial charge in [-0.15, -0.1) is 0 Å². The highest BCUT2D eigenvalue weighted by Gasteiger charge is 2.46. The Bertz CT molecular complexity index is 620. The van der Waals surface area contributed by atoms with E-state index >= 15 is 0 Å². The SMILES string of the molecule is Cc1ccc(NC(=O)N2C3CC(C)CC2C3)cc1[C@@H]1CCC1C.[HH]. The summed E-state index contributed by atoms with van der Waals surface area (Å²) in [6.45, 7) is 6.83. The fourth-order valence-corrected chi connectivity index (χ4v) is 4.91. The molecule has 1 saturated carbocycles. The first kappa shape index (κ1) is 15.0. The van der Waals surface area contributed by atoms with Crippen LogP contribution < -0.4 is 5.32 Å². The van der Waals surface area contributed by atoms with E-state index in [1.807, 2.05) is 0 Å². The maximum Gasteiger partial charge on any atom is 0.322 e. The minimum absolute atomic E-state index is 0. The molecular formula is C20H30N2O. The molecule has 2 aliphatic heterocycles. The summed E-state index contributed by atoms with van der Waals surface area (Å²) in [5, 5.41) is 3.16. The monoisotopic (exact) mass is 314 g/mol. The van der Waals surface area contributed by atoms with Gasteiger partial charge in [0, 0.05) is 19.2 Å². The molecule has 3 heteroatoms. The van der Waals surface area contributed by atoms with Crippen molar-refractivity contribution in [2.45, 2.75) is 70.9 Å². The molecule has 0 aromatic heterocycles. The van der Waals surface area contributed by atoms with Gasteiger partial charge in [0.1, 0.15) is 0 Å². The third-order valence-corrected chi connectivity index (χ3v) is 6.46. The summed E-state index contributed by atoms with van der Waals surface area (Å²) in [4.78, 5) is 14.7. The molecule has 1 N–H and O–H groups in total. The zero-order valence-electron chi connectivity index (χ0n) is 14.5. The predicted molar refractivity (Wildman–Crippen MR) is 95.9 cm³/mol. The molecule has 0 radical (unpaired) electrons. The lowest BCUT2D eigenvalue weighted by molar-refractivity contribution is -0.00601. The number of nitrogens with zero attached hydrogens (tertiary/aromatic N) is 1. The van der Waals surface area contributed by atoms with E-state index < -0.39 is 0 Å². The number of carbonyl (C=O) groups is 1. The summed E-state index contributed by atoms with van der Waals surface area (Å²) in [5.74, 6) is 2.22. The molecule has 3 nitrogen and oxygen atoms in total. The first-order valence-electron chi connectivity index (χ1n) is 9.22. The molecule has 23 heavy (non-hydrogen) atoms. The van der Waals surface area contributed by atoms with Crippen molar-refractivity contribution in [3.63, 3.8) is 0 Å². The van der Waals surface area contributed by atoms with Crippen LogP contribution in [0.2, 0.25) is 0 Å². The van der Waals surface area contributed by atoms with Gasteiger partial charge in [-0.25, -0.2) is 4.79 Å². The first-order valence-corrected chi connectivity index (χ1v) is 9.22. The van der Waals surface area contributed by atoms with Crippen molar-refractivity contribution >= 4 is 11.7 Å². The number of anilines is 1. The second-order valence-electron chi connectivity index (χ2n) is 8.19. The van der Waals surface area contributed by atoms with E-state index in [-0.39, 0.29) is 7.46 Å². The summed E-state index contributed by atoms with van der Waals surface area (Å²) in [6, 6.07) is 7.48. The summed E-state index contributed by atoms with van der Waals surface area (Å²) >= 11 is 0. The van der Waals surface area contributed by atoms with Crippen molar-refractivity contribution in [2.24, 2.45) is 11.8 Å². The number of nitrogens with one attached hydrogen (secondary N) is 1. The lowest BCUT2D eigenvalue weighted by Crippen LogP contribution is -2.63. The Kier molecular flexibility index (Phi) is 3.62. The molecule has 1 aliphatic carbocycles. The Balaban J connectivity index is 0.00000169. The Morgan fingerprint density at radius 2 is 1.91 bits per heavy atom. The molecule has 3 fully saturated rings. The van der Waals surface area contributed by atoms with Gasteiger partial charge < -0.3 is 10.2 Å². The number of amides is 2. The Morgan fingerprint density at radius 3 is 2.52 bits per heavy atom. The maximum absolute atomic E-state index is 12.6. The number of benzene rings is 1. The van der Waals surface area contributed by atoms with Crippen molar-refractivity contribution in [2.75, 3.05) is 5.32 Å². The van der Waals surface area contributed by atoms with Crippen molar-refractivity contribution in [1.82, 2.24) is 4.90 Å². The molecule has 2 saturated heterocycles. The number of urea groups is 1. The smallest absolute Gasteiger partial charge is 0.318 e. The number of piperidine rings is 1. The third kappa shape index (κ3) is 2.54. The van der Waals surface area contributed by atoms with Crippen LogP contribution in [0, 0.1) is 18.8 Å². The molecule has 2 bridgehead atoms. The van der Waals surface area contributed by atoms with Crippen LogP contribution in [0.3, 0.4) is 0 Å². The summed E-state index contributed by atoms with van der Waals surface area (Å²) < 4.78 is 0. The second kappa shape index (κ2) is 5.54. The molecule has 4 rings (SSSR count). The standard InChI is InChI=1S/C20H28N2O.H2/c1-12-8-16-11-17(9-12)22(16)20(23)21-15-6-4-14(3)19(10-15)18-7-5-13(18)2;/h4,6,10,12-13,16-18H,5,7-9,11H2,1-3H3,(H,21,23);1H/t12?,13?,16?,17?,18-;/m1./s1. The second-order valence-corrected chi connectivity index (χ2v) is 8.19. The van der Waals surface area contributed by atoms with Gasteiger partial charge in [-0.05, 0) is 80.0 Å². The van der Waals surface area contributed by atoms with Gasteiger partial charge in [0.15, 0.2) is 0 Å². The minimum Gasteiger partial charge on any atom is -0.318 e. The number of rotatable bonds is 2. The topological polar surface area (TPSA) is 32.3 Å². The highest BCUT2D eigenvalue weighted by molar-refractivity contribution is 5.90. The van der Waals surface area contributed by atoms with Crippen LogP contribution in [0.5, 0.6) is 0 Å². The molecule has 1 aromatic carbocycles. The van der Waals surface area contributed by atoms with Gasteiger partial charge in [0.2, 0.25) is 0 Å². The van der Waals surface area contributed by atoms with Gasteiger partial charge in [0.25, 0.3) is 0 Å². The molecule has 0 spiro atoms. The van der Waals surface area contributed by atoms with Crippen LogP contribution >= 0.6 is 0 Å². The van der Waals surface area contributed by atoms with Gasteiger partial charge in [-0.1, -0.05) is 19.9 Å². The van der Waals surface area contributed by atoms with Gasteiger partial charge in [0.05, 0.1) is 0 Å². The highest BCUT2D eigenvalue weighted by atomic mass is 16.2. The zero-order valence-corrected chi connectivity index (χ0v) is 14.5. The Labute approximate surface area is 140 Å². The number of fused-ring (bicyclic) bond motifs is 2. The fraction of sp³-hybridized carbons (Fsp3) is 0.650. The zero-order chi connectivity index (χ0) is 16.1. The lowest BCUT2D eigenvalue weighted by Gasteiger charge is -2.54. The fourth-order valence-electron chi connectivity index (χ4n) is 4.91. The molecule has 1 aromatic rings. The van der Waals surface area contributed by atoms with Crippen molar-refractivity contribution < 1.29 is 6.22 Å². The normalized spacial score (nSPS) is 35.3. The number of hydrogen-bond donors (Lipinski definition) is 1. The van der Waals surface area contributed by atoms with Crippen molar-refractivity contribution in [1.29, 1.82) is 0 Å². The summed E-state index contributed by atoms with van der Waals surface area (Å²) in [5.41, 5.74) is 3.75.